The third kappa shape index (κ3) is 10.7. The SMILES string of the molecule is C=C[C@@](CC)(NC(=O)[C@@H]1C[C@@H](Oc2cc(-c3ccccc3)nc3cc(OC)ccc23)CN1C(=O)[C@H](CNC(=O)OCC1c2ccccc2-c2ccccc21)NC(=O)OC(C)(C)C)C(=O)OCC. The van der Waals surface area contributed by atoms with Gasteiger partial charge in [-0.15, -0.1) is 6.58 Å². The van der Waals surface area contributed by atoms with E-state index >= 15 is 0 Å². The molecule has 1 aliphatic heterocycles. The zero-order chi connectivity index (χ0) is 47.9. The number of ether oxygens (including phenoxy) is 5. The van der Waals surface area contributed by atoms with Crippen LogP contribution in [0.4, 0.5) is 9.59 Å². The fourth-order valence-corrected chi connectivity index (χ4v) is 8.52. The molecule has 4 atom stereocenters. The molecule has 67 heavy (non-hydrogen) atoms. The van der Waals surface area contributed by atoms with Gasteiger partial charge in [0.15, 0.2) is 5.54 Å². The largest absolute Gasteiger partial charge is 0.497 e. The van der Waals surface area contributed by atoms with Gasteiger partial charge in [-0.2, -0.15) is 0 Å². The summed E-state index contributed by atoms with van der Waals surface area (Å²) >= 11 is 0. The Bertz CT molecular complexity index is 2600. The summed E-state index contributed by atoms with van der Waals surface area (Å²) in [7, 11) is 1.56. The number of carbonyl (C=O) groups excluding carboxylic acids is 5. The zero-order valence-corrected chi connectivity index (χ0v) is 38.6. The van der Waals surface area contributed by atoms with Crippen LogP contribution in [0.2, 0.25) is 0 Å². The van der Waals surface area contributed by atoms with Gasteiger partial charge in [0.2, 0.25) is 11.8 Å². The smallest absolute Gasteiger partial charge is 0.408 e. The summed E-state index contributed by atoms with van der Waals surface area (Å²) in [6.07, 6.45) is -1.17. The molecule has 0 spiro atoms. The number of esters is 1. The normalized spacial score (nSPS) is 16.7. The Hall–Kier alpha value is -7.42. The van der Waals surface area contributed by atoms with Crippen molar-refractivity contribution in [2.45, 2.75) is 82.7 Å². The number of carbonyl (C=O) groups is 5. The van der Waals surface area contributed by atoms with Crippen molar-refractivity contribution in [1.29, 1.82) is 0 Å². The van der Waals surface area contributed by atoms with Crippen molar-refractivity contribution in [2.24, 2.45) is 0 Å². The lowest BCUT2D eigenvalue weighted by molar-refractivity contribution is -0.152. The average Bonchev–Trinajstić information content (AvgIpc) is 3.89. The Balaban J connectivity index is 1.18. The van der Waals surface area contributed by atoms with E-state index in [1.807, 2.05) is 84.9 Å². The summed E-state index contributed by atoms with van der Waals surface area (Å²) in [6.45, 7) is 11.7. The number of hydrogen-bond donors (Lipinski definition) is 3. The van der Waals surface area contributed by atoms with Crippen LogP contribution in [-0.4, -0.2) is 103 Å². The third-order valence-electron chi connectivity index (χ3n) is 11.9. The minimum absolute atomic E-state index is 0.0107. The molecule has 7 rings (SSSR count). The molecule has 0 radical (unpaired) electrons. The Kier molecular flexibility index (Phi) is 14.5. The van der Waals surface area contributed by atoms with Gasteiger partial charge in [0.25, 0.3) is 0 Å². The molecule has 1 saturated heterocycles. The van der Waals surface area contributed by atoms with E-state index in [0.717, 1.165) is 27.8 Å². The lowest BCUT2D eigenvalue weighted by Crippen LogP contribution is -2.60. The fraction of sp³-hybridized carbons (Fsp3) is 0.346. The van der Waals surface area contributed by atoms with Crippen LogP contribution in [0.3, 0.4) is 0 Å². The highest BCUT2D eigenvalue weighted by Crippen LogP contribution is 2.44. The molecule has 4 amide bonds. The van der Waals surface area contributed by atoms with E-state index in [1.54, 1.807) is 59.9 Å². The number of fused-ring (bicyclic) bond motifs is 4. The first kappa shape index (κ1) is 47.5. The first-order valence-corrected chi connectivity index (χ1v) is 22.4. The van der Waals surface area contributed by atoms with Gasteiger partial charge >= 0.3 is 18.2 Å². The van der Waals surface area contributed by atoms with Gasteiger partial charge in [0, 0.05) is 35.4 Å². The van der Waals surface area contributed by atoms with Gasteiger partial charge in [0.1, 0.15) is 41.9 Å². The Labute approximate surface area is 390 Å². The van der Waals surface area contributed by atoms with Crippen molar-refractivity contribution in [3.63, 3.8) is 0 Å². The molecule has 0 unspecified atom stereocenters. The summed E-state index contributed by atoms with van der Waals surface area (Å²) in [6, 6.07) is 29.9. The molecule has 15 nitrogen and oxygen atoms in total. The summed E-state index contributed by atoms with van der Waals surface area (Å²) in [5.41, 5.74) is 3.64. The number of aromatic nitrogens is 1. The van der Waals surface area contributed by atoms with E-state index in [9.17, 15) is 24.0 Å². The third-order valence-corrected chi connectivity index (χ3v) is 11.9. The van der Waals surface area contributed by atoms with Crippen LogP contribution < -0.4 is 25.4 Å². The molecule has 3 N–H and O–H groups in total. The van der Waals surface area contributed by atoms with E-state index in [4.69, 9.17) is 28.7 Å². The molecule has 2 aliphatic rings. The van der Waals surface area contributed by atoms with E-state index in [-0.39, 0.29) is 38.5 Å². The lowest BCUT2D eigenvalue weighted by Gasteiger charge is -2.33. The van der Waals surface area contributed by atoms with Crippen LogP contribution in [-0.2, 0) is 28.6 Å². The highest BCUT2D eigenvalue weighted by Gasteiger charge is 2.47. The monoisotopic (exact) mass is 911 g/mol. The highest BCUT2D eigenvalue weighted by molar-refractivity contribution is 5.96. The summed E-state index contributed by atoms with van der Waals surface area (Å²) in [5.74, 6) is -1.34. The molecular formula is C52H57N5O10. The van der Waals surface area contributed by atoms with Gasteiger partial charge in [-0.3, -0.25) is 9.59 Å². The van der Waals surface area contributed by atoms with Crippen molar-refractivity contribution < 1.29 is 47.7 Å². The maximum Gasteiger partial charge on any atom is 0.408 e. The van der Waals surface area contributed by atoms with Gasteiger partial charge in [0.05, 0.1) is 38.0 Å². The first-order chi connectivity index (χ1) is 32.2. The van der Waals surface area contributed by atoms with Crippen molar-refractivity contribution >= 4 is 40.9 Å². The molecule has 4 aromatic carbocycles. The second kappa shape index (κ2) is 20.4. The van der Waals surface area contributed by atoms with Crippen LogP contribution in [0.15, 0.2) is 116 Å². The predicted octanol–water partition coefficient (Wildman–Crippen LogP) is 7.70. The molecule has 350 valence electrons. The van der Waals surface area contributed by atoms with E-state index in [2.05, 4.69) is 22.5 Å². The Morgan fingerprint density at radius 1 is 0.866 bits per heavy atom. The number of rotatable bonds is 16. The summed E-state index contributed by atoms with van der Waals surface area (Å²) in [4.78, 5) is 75.9. The minimum Gasteiger partial charge on any atom is -0.497 e. The molecule has 1 fully saturated rings. The number of alkyl carbamates (subject to hydrolysis) is 2. The number of pyridine rings is 1. The first-order valence-electron chi connectivity index (χ1n) is 22.4. The quantitative estimate of drug-likeness (QED) is 0.0501. The molecule has 2 heterocycles. The van der Waals surface area contributed by atoms with Crippen molar-refractivity contribution in [1.82, 2.24) is 25.8 Å². The lowest BCUT2D eigenvalue weighted by atomic mass is 9.95. The number of nitrogens with one attached hydrogen (secondary N) is 3. The van der Waals surface area contributed by atoms with Crippen molar-refractivity contribution in [3.05, 3.63) is 127 Å². The zero-order valence-electron chi connectivity index (χ0n) is 38.6. The van der Waals surface area contributed by atoms with E-state index in [1.165, 1.54) is 11.0 Å². The number of nitrogens with zero attached hydrogens (tertiary/aromatic N) is 2. The van der Waals surface area contributed by atoms with E-state index in [0.29, 0.717) is 28.1 Å². The Morgan fingerprint density at radius 3 is 2.16 bits per heavy atom. The summed E-state index contributed by atoms with van der Waals surface area (Å²) < 4.78 is 28.9. The molecule has 15 heteroatoms. The maximum atomic E-state index is 15.0. The van der Waals surface area contributed by atoms with Crippen molar-refractivity contribution in [3.8, 4) is 33.9 Å². The molecule has 0 saturated carbocycles. The van der Waals surface area contributed by atoms with Crippen LogP contribution in [0.1, 0.15) is 64.5 Å². The number of methoxy groups -OCH3 is 1. The van der Waals surface area contributed by atoms with Crippen LogP contribution in [0.5, 0.6) is 11.5 Å². The second-order valence-corrected chi connectivity index (χ2v) is 17.4. The Morgan fingerprint density at radius 2 is 1.54 bits per heavy atom. The molecular weight excluding hydrogens is 855 g/mol. The molecule has 5 aromatic rings. The van der Waals surface area contributed by atoms with Gasteiger partial charge in [-0.1, -0.05) is 91.9 Å². The number of amides is 4. The highest BCUT2D eigenvalue weighted by atomic mass is 16.6. The maximum absolute atomic E-state index is 15.0. The topological polar surface area (TPSA) is 184 Å². The average molecular weight is 912 g/mol. The van der Waals surface area contributed by atoms with Crippen molar-refractivity contribution in [2.75, 3.05) is 33.4 Å². The van der Waals surface area contributed by atoms with Gasteiger partial charge in [-0.25, -0.2) is 19.4 Å². The molecule has 1 aliphatic carbocycles. The van der Waals surface area contributed by atoms with Crippen LogP contribution >= 0.6 is 0 Å². The molecule has 0 bridgehead atoms. The standard InChI is InChI=1S/C52H57N5O10/c1-8-52(9-2,48(60)64-10-3)56-46(58)44-27-34(66-45-28-41(32-18-12-11-13-19-32)54-42-26-33(63-7)24-25-39(42)45)30-57(44)47(59)43(55-50(62)67-51(4,5)6)29-53-49(61)65-31-40-37-22-16-14-20-35(37)36-21-15-17-23-38(36)40/h8,11-26,28,34,40,43-44H,1,9-10,27,29-31H2,2-7H3,(H,53,61)(H,55,62)(H,56,58)/t34-,43+,44+,52+/m1/s1. The van der Waals surface area contributed by atoms with Gasteiger partial charge in [-0.05, 0) is 68.5 Å². The number of benzene rings is 4. The second-order valence-electron chi connectivity index (χ2n) is 17.4. The fourth-order valence-electron chi connectivity index (χ4n) is 8.52. The van der Waals surface area contributed by atoms with Crippen LogP contribution in [0, 0.1) is 0 Å². The minimum atomic E-state index is -1.62. The number of hydrogen-bond acceptors (Lipinski definition) is 11. The predicted molar refractivity (Wildman–Crippen MR) is 252 cm³/mol. The van der Waals surface area contributed by atoms with Crippen LogP contribution in [0.25, 0.3) is 33.3 Å². The van der Waals surface area contributed by atoms with Gasteiger partial charge < -0.3 is 44.5 Å². The number of likely N-dealkylation sites (tertiary alicyclic amines) is 1. The van der Waals surface area contributed by atoms with E-state index < -0.39 is 65.8 Å². The summed E-state index contributed by atoms with van der Waals surface area (Å²) in [5, 5.41) is 8.74. The molecule has 1 aromatic heterocycles.